The van der Waals surface area contributed by atoms with Crippen LogP contribution in [0.2, 0.25) is 5.02 Å². The quantitative estimate of drug-likeness (QED) is 0.662. The van der Waals surface area contributed by atoms with Crippen LogP contribution in [-0.4, -0.2) is 47.7 Å². The van der Waals surface area contributed by atoms with Gasteiger partial charge in [-0.3, -0.25) is 4.79 Å². The van der Waals surface area contributed by atoms with Crippen LogP contribution in [0.25, 0.3) is 0 Å². The molecular formula is C19H23ClN2O5. The zero-order chi connectivity index (χ0) is 20.0. The molecule has 27 heavy (non-hydrogen) atoms. The first kappa shape index (κ1) is 20.9. The zero-order valence-corrected chi connectivity index (χ0v) is 15.9. The fraction of sp³-hybridized carbons (Fsp3) is 0.421. The molecule has 8 heteroatoms. The summed E-state index contributed by atoms with van der Waals surface area (Å²) < 4.78 is 0. The van der Waals surface area contributed by atoms with Crippen LogP contribution in [0.4, 0.5) is 5.69 Å². The number of anilines is 1. The smallest absolute Gasteiger partial charge is 0.328 e. The van der Waals surface area contributed by atoms with Crippen LogP contribution >= 0.6 is 11.6 Å². The van der Waals surface area contributed by atoms with Gasteiger partial charge < -0.3 is 20.4 Å². The van der Waals surface area contributed by atoms with Crippen LogP contribution in [0.3, 0.4) is 0 Å². The van der Waals surface area contributed by atoms with Gasteiger partial charge in [-0.15, -0.1) is 0 Å². The Labute approximate surface area is 162 Å². The van der Waals surface area contributed by atoms with Crippen molar-refractivity contribution in [2.75, 3.05) is 24.5 Å². The third kappa shape index (κ3) is 5.55. The SMILES string of the molecule is CC(=O)N1CCCc2cc3c(c(Cl)c21)CCNCC3.O=C(O)/C=C/C(=O)O. The van der Waals surface area contributed by atoms with Crippen molar-refractivity contribution in [3.8, 4) is 0 Å². The second kappa shape index (κ2) is 9.53. The lowest BCUT2D eigenvalue weighted by atomic mass is 9.93. The molecule has 146 valence electrons. The number of nitrogens with one attached hydrogen (secondary N) is 1. The minimum atomic E-state index is -1.26. The van der Waals surface area contributed by atoms with E-state index in [1.807, 2.05) is 4.90 Å². The molecule has 0 saturated heterocycles. The van der Waals surface area contributed by atoms with Crippen molar-refractivity contribution in [1.29, 1.82) is 0 Å². The highest BCUT2D eigenvalue weighted by Gasteiger charge is 2.26. The number of benzene rings is 1. The third-order valence-corrected chi connectivity index (χ3v) is 4.89. The molecule has 0 aliphatic carbocycles. The second-order valence-corrected chi connectivity index (χ2v) is 6.75. The maximum absolute atomic E-state index is 11.8. The molecule has 0 atom stereocenters. The fourth-order valence-electron chi connectivity index (χ4n) is 3.32. The number of nitrogens with zero attached hydrogens (tertiary/aromatic N) is 1. The summed E-state index contributed by atoms with van der Waals surface area (Å²) >= 11 is 6.63. The standard InChI is InChI=1S/C15H19ClN2O.C4H4O4/c1-10(19)18-8-2-3-12-9-11-4-6-17-7-5-13(11)14(16)15(12)18;5-3(6)1-2-4(7)8/h9,17H,2-8H2,1H3;1-2H,(H,5,6)(H,7,8)/b;2-1+. The Morgan fingerprint density at radius 2 is 1.70 bits per heavy atom. The molecular weight excluding hydrogens is 372 g/mol. The summed E-state index contributed by atoms with van der Waals surface area (Å²) in [5.41, 5.74) is 4.81. The van der Waals surface area contributed by atoms with Gasteiger partial charge in [0.1, 0.15) is 0 Å². The average molecular weight is 395 g/mol. The van der Waals surface area contributed by atoms with Gasteiger partial charge in [0.25, 0.3) is 0 Å². The first-order valence-corrected chi connectivity index (χ1v) is 9.15. The molecule has 0 spiro atoms. The van der Waals surface area contributed by atoms with Crippen molar-refractivity contribution in [3.63, 3.8) is 0 Å². The van der Waals surface area contributed by atoms with E-state index in [1.165, 1.54) is 16.7 Å². The molecule has 0 unspecified atom stereocenters. The van der Waals surface area contributed by atoms with Gasteiger partial charge in [-0.1, -0.05) is 17.7 Å². The van der Waals surface area contributed by atoms with Crippen molar-refractivity contribution in [3.05, 3.63) is 39.9 Å². The van der Waals surface area contributed by atoms with Crippen molar-refractivity contribution in [1.82, 2.24) is 5.32 Å². The van der Waals surface area contributed by atoms with Gasteiger partial charge in [0.2, 0.25) is 5.91 Å². The predicted octanol–water partition coefficient (Wildman–Crippen LogP) is 2.04. The number of aryl methyl sites for hydroxylation is 1. The number of hydrogen-bond acceptors (Lipinski definition) is 4. The van der Waals surface area contributed by atoms with Gasteiger partial charge in [0.05, 0.1) is 10.7 Å². The molecule has 1 amide bonds. The van der Waals surface area contributed by atoms with Crippen LogP contribution in [0.5, 0.6) is 0 Å². The number of fused-ring (bicyclic) bond motifs is 2. The van der Waals surface area contributed by atoms with E-state index in [2.05, 4.69) is 11.4 Å². The molecule has 3 N–H and O–H groups in total. The molecule has 1 aromatic carbocycles. The maximum Gasteiger partial charge on any atom is 0.328 e. The molecule has 2 aliphatic rings. The highest BCUT2D eigenvalue weighted by molar-refractivity contribution is 6.35. The van der Waals surface area contributed by atoms with Gasteiger partial charge in [0.15, 0.2) is 0 Å². The Hall–Kier alpha value is -2.38. The monoisotopic (exact) mass is 394 g/mol. The van der Waals surface area contributed by atoms with E-state index in [0.29, 0.717) is 12.2 Å². The van der Waals surface area contributed by atoms with E-state index in [0.717, 1.165) is 56.0 Å². The van der Waals surface area contributed by atoms with Crippen molar-refractivity contribution in [2.45, 2.75) is 32.6 Å². The highest BCUT2D eigenvalue weighted by atomic mass is 35.5. The number of hydrogen-bond donors (Lipinski definition) is 3. The van der Waals surface area contributed by atoms with Crippen LogP contribution in [0.15, 0.2) is 18.2 Å². The van der Waals surface area contributed by atoms with Crippen molar-refractivity contribution >= 4 is 35.1 Å². The number of amides is 1. The van der Waals surface area contributed by atoms with Gasteiger partial charge in [-0.25, -0.2) is 9.59 Å². The molecule has 0 radical (unpaired) electrons. The second-order valence-electron chi connectivity index (χ2n) is 6.37. The molecule has 3 rings (SSSR count). The third-order valence-electron chi connectivity index (χ3n) is 4.48. The number of halogens is 1. The highest BCUT2D eigenvalue weighted by Crippen LogP contribution is 2.39. The van der Waals surface area contributed by atoms with Gasteiger partial charge in [0, 0.05) is 25.6 Å². The fourth-order valence-corrected chi connectivity index (χ4v) is 3.76. The Bertz CT molecular complexity index is 760. The topological polar surface area (TPSA) is 107 Å². The average Bonchev–Trinajstić information content (AvgIpc) is 2.85. The molecule has 1 aromatic rings. The summed E-state index contributed by atoms with van der Waals surface area (Å²) in [4.78, 5) is 32.8. The lowest BCUT2D eigenvalue weighted by Crippen LogP contribution is -2.34. The summed E-state index contributed by atoms with van der Waals surface area (Å²) in [6.45, 7) is 4.39. The molecule has 2 aliphatic heterocycles. The number of carboxylic acid groups (broad SMARTS) is 2. The Balaban J connectivity index is 0.000000279. The van der Waals surface area contributed by atoms with Crippen LogP contribution in [0, 0.1) is 0 Å². The van der Waals surface area contributed by atoms with Crippen LogP contribution in [-0.2, 0) is 33.6 Å². The van der Waals surface area contributed by atoms with Crippen LogP contribution in [0.1, 0.15) is 30.0 Å². The number of carbonyl (C=O) groups excluding carboxylic acids is 1. The van der Waals surface area contributed by atoms with Gasteiger partial charge in [-0.05, 0) is 55.5 Å². The number of rotatable bonds is 2. The molecule has 0 saturated carbocycles. The lowest BCUT2D eigenvalue weighted by Gasteiger charge is -2.31. The van der Waals surface area contributed by atoms with E-state index in [-0.39, 0.29) is 5.91 Å². The number of carboxylic acids is 2. The molecule has 0 bridgehead atoms. The van der Waals surface area contributed by atoms with E-state index < -0.39 is 11.9 Å². The maximum atomic E-state index is 11.8. The van der Waals surface area contributed by atoms with E-state index in [1.54, 1.807) is 6.92 Å². The van der Waals surface area contributed by atoms with Gasteiger partial charge >= 0.3 is 11.9 Å². The summed E-state index contributed by atoms with van der Waals surface area (Å²) in [5, 5.41) is 19.8. The minimum absolute atomic E-state index is 0.0922. The Kier molecular flexibility index (Phi) is 7.38. The Morgan fingerprint density at radius 3 is 2.30 bits per heavy atom. The first-order valence-electron chi connectivity index (χ1n) is 8.77. The van der Waals surface area contributed by atoms with Crippen LogP contribution < -0.4 is 10.2 Å². The lowest BCUT2D eigenvalue weighted by molar-refractivity contribution is -0.134. The van der Waals surface area contributed by atoms with Crippen molar-refractivity contribution < 1.29 is 24.6 Å². The number of carbonyl (C=O) groups is 3. The molecule has 2 heterocycles. The zero-order valence-electron chi connectivity index (χ0n) is 15.1. The first-order chi connectivity index (χ1) is 12.8. The molecule has 0 aromatic heterocycles. The summed E-state index contributed by atoms with van der Waals surface area (Å²) in [5.74, 6) is -2.42. The summed E-state index contributed by atoms with van der Waals surface area (Å²) in [6.07, 6.45) is 5.15. The summed E-state index contributed by atoms with van der Waals surface area (Å²) in [7, 11) is 0. The predicted molar refractivity (Wildman–Crippen MR) is 102 cm³/mol. The number of aliphatic carboxylic acids is 2. The molecule has 7 nitrogen and oxygen atoms in total. The van der Waals surface area contributed by atoms with E-state index in [4.69, 9.17) is 21.8 Å². The van der Waals surface area contributed by atoms with E-state index in [9.17, 15) is 14.4 Å². The molecule has 0 fully saturated rings. The minimum Gasteiger partial charge on any atom is -0.478 e. The Morgan fingerprint density at radius 1 is 1.07 bits per heavy atom. The largest absolute Gasteiger partial charge is 0.478 e. The van der Waals surface area contributed by atoms with E-state index >= 15 is 0 Å². The van der Waals surface area contributed by atoms with Crippen molar-refractivity contribution in [2.24, 2.45) is 0 Å². The summed E-state index contributed by atoms with van der Waals surface area (Å²) in [6, 6.07) is 2.28. The van der Waals surface area contributed by atoms with Gasteiger partial charge in [-0.2, -0.15) is 0 Å². The normalized spacial score (nSPS) is 15.9.